The van der Waals surface area contributed by atoms with Crippen molar-refractivity contribution in [1.29, 1.82) is 0 Å². The van der Waals surface area contributed by atoms with Crippen molar-refractivity contribution in [3.05, 3.63) is 40.4 Å². The van der Waals surface area contributed by atoms with E-state index in [0.717, 1.165) is 23.1 Å². The Balaban J connectivity index is 1.79. The lowest BCUT2D eigenvalue weighted by Gasteiger charge is -2.38. The molecule has 1 aliphatic rings. The molecule has 1 saturated heterocycles. The average molecular weight is 381 g/mol. The second kappa shape index (κ2) is 8.62. The van der Waals surface area contributed by atoms with Gasteiger partial charge in [0.15, 0.2) is 0 Å². The Morgan fingerprint density at radius 1 is 1.43 bits per heavy atom. The SMILES string of the molecule is C[C@@H]1CN([C@H](C)CNC(=O)/C=C/c2cccc(Br)c2)C[C@H](C)O1. The number of carbonyl (C=O) groups is 1. The first kappa shape index (κ1) is 18.2. The summed E-state index contributed by atoms with van der Waals surface area (Å²) in [5.41, 5.74) is 0.999. The normalized spacial score (nSPS) is 23.8. The zero-order chi connectivity index (χ0) is 16.8. The Kier molecular flexibility index (Phi) is 6.81. The first-order valence-corrected chi connectivity index (χ1v) is 8.84. The molecule has 0 saturated carbocycles. The fourth-order valence-electron chi connectivity index (χ4n) is 2.80. The number of hydrogen-bond donors (Lipinski definition) is 1. The predicted octanol–water partition coefficient (Wildman–Crippen LogP) is 3.08. The maximum atomic E-state index is 12.0. The van der Waals surface area contributed by atoms with Crippen LogP contribution >= 0.6 is 15.9 Å². The lowest BCUT2D eigenvalue weighted by molar-refractivity contribution is -0.117. The van der Waals surface area contributed by atoms with Gasteiger partial charge < -0.3 is 10.1 Å². The highest BCUT2D eigenvalue weighted by molar-refractivity contribution is 9.10. The summed E-state index contributed by atoms with van der Waals surface area (Å²) in [6.45, 7) is 8.79. The number of rotatable bonds is 5. The predicted molar refractivity (Wildman–Crippen MR) is 97.2 cm³/mol. The van der Waals surface area contributed by atoms with Gasteiger partial charge in [0.2, 0.25) is 5.91 Å². The number of morpholine rings is 1. The van der Waals surface area contributed by atoms with Crippen LogP contribution in [0.3, 0.4) is 0 Å². The van der Waals surface area contributed by atoms with Crippen LogP contribution in [0.15, 0.2) is 34.8 Å². The summed E-state index contributed by atoms with van der Waals surface area (Å²) in [5, 5.41) is 2.97. The van der Waals surface area contributed by atoms with E-state index < -0.39 is 0 Å². The first-order chi connectivity index (χ1) is 10.9. The largest absolute Gasteiger partial charge is 0.373 e. The number of benzene rings is 1. The molecule has 126 valence electrons. The summed E-state index contributed by atoms with van der Waals surface area (Å²) in [4.78, 5) is 14.3. The summed E-state index contributed by atoms with van der Waals surface area (Å²) in [7, 11) is 0. The summed E-state index contributed by atoms with van der Waals surface area (Å²) < 4.78 is 6.75. The van der Waals surface area contributed by atoms with Gasteiger partial charge in [-0.25, -0.2) is 0 Å². The topological polar surface area (TPSA) is 41.6 Å². The molecule has 5 heteroatoms. The quantitative estimate of drug-likeness (QED) is 0.798. The van der Waals surface area contributed by atoms with Crippen molar-refractivity contribution in [2.24, 2.45) is 0 Å². The highest BCUT2D eigenvalue weighted by atomic mass is 79.9. The number of ether oxygens (including phenoxy) is 1. The van der Waals surface area contributed by atoms with E-state index in [1.54, 1.807) is 6.08 Å². The maximum absolute atomic E-state index is 12.0. The van der Waals surface area contributed by atoms with E-state index >= 15 is 0 Å². The number of halogens is 1. The van der Waals surface area contributed by atoms with Crippen LogP contribution in [0.1, 0.15) is 26.3 Å². The van der Waals surface area contributed by atoms with Gasteiger partial charge in [0, 0.05) is 36.2 Å². The molecule has 1 fully saturated rings. The molecule has 0 aromatic heterocycles. The first-order valence-electron chi connectivity index (χ1n) is 8.05. The van der Waals surface area contributed by atoms with Crippen molar-refractivity contribution in [3.8, 4) is 0 Å². The Morgan fingerprint density at radius 3 is 2.78 bits per heavy atom. The molecule has 3 atom stereocenters. The van der Waals surface area contributed by atoms with E-state index in [1.165, 1.54) is 0 Å². The van der Waals surface area contributed by atoms with Gasteiger partial charge in [-0.15, -0.1) is 0 Å². The molecule has 1 aromatic carbocycles. The van der Waals surface area contributed by atoms with Gasteiger partial charge in [-0.2, -0.15) is 0 Å². The summed E-state index contributed by atoms with van der Waals surface area (Å²) in [5.74, 6) is -0.0637. The van der Waals surface area contributed by atoms with E-state index in [9.17, 15) is 4.79 Å². The van der Waals surface area contributed by atoms with Crippen molar-refractivity contribution in [1.82, 2.24) is 10.2 Å². The number of nitrogens with zero attached hydrogens (tertiary/aromatic N) is 1. The van der Waals surface area contributed by atoms with Gasteiger partial charge in [-0.05, 0) is 44.5 Å². The third-order valence-corrected chi connectivity index (χ3v) is 4.41. The second-order valence-corrected chi connectivity index (χ2v) is 7.11. The molecule has 0 bridgehead atoms. The number of carbonyl (C=O) groups excluding carboxylic acids is 1. The van der Waals surface area contributed by atoms with Crippen LogP contribution in [0.4, 0.5) is 0 Å². The van der Waals surface area contributed by atoms with Gasteiger partial charge in [-0.1, -0.05) is 28.1 Å². The maximum Gasteiger partial charge on any atom is 0.244 e. The molecule has 0 spiro atoms. The van der Waals surface area contributed by atoms with Crippen molar-refractivity contribution < 1.29 is 9.53 Å². The molecule has 1 amide bonds. The Bertz CT molecular complexity index is 552. The van der Waals surface area contributed by atoms with Crippen LogP contribution in [-0.4, -0.2) is 48.7 Å². The minimum Gasteiger partial charge on any atom is -0.373 e. The van der Waals surface area contributed by atoms with Crippen molar-refractivity contribution in [3.63, 3.8) is 0 Å². The molecule has 4 nitrogen and oxygen atoms in total. The van der Waals surface area contributed by atoms with Crippen LogP contribution in [0, 0.1) is 0 Å². The lowest BCUT2D eigenvalue weighted by atomic mass is 10.1. The van der Waals surface area contributed by atoms with Gasteiger partial charge in [0.1, 0.15) is 0 Å². The summed E-state index contributed by atoms with van der Waals surface area (Å²) in [6.07, 6.45) is 3.89. The molecule has 1 aromatic rings. The molecule has 0 radical (unpaired) electrons. The highest BCUT2D eigenvalue weighted by Gasteiger charge is 2.25. The Hall–Kier alpha value is -1.17. The molecule has 2 rings (SSSR count). The fraction of sp³-hybridized carbons (Fsp3) is 0.500. The molecule has 1 heterocycles. The number of amides is 1. The van der Waals surface area contributed by atoms with Crippen LogP contribution in [0.5, 0.6) is 0 Å². The molecule has 1 N–H and O–H groups in total. The zero-order valence-corrected chi connectivity index (χ0v) is 15.5. The highest BCUT2D eigenvalue weighted by Crippen LogP contribution is 2.14. The molecule has 0 aliphatic carbocycles. The van der Waals surface area contributed by atoms with Gasteiger partial charge in [-0.3, -0.25) is 9.69 Å². The molecule has 0 unspecified atom stereocenters. The van der Waals surface area contributed by atoms with Gasteiger partial charge in [0.25, 0.3) is 0 Å². The van der Waals surface area contributed by atoms with Crippen LogP contribution in [0.2, 0.25) is 0 Å². The Labute approximate surface area is 147 Å². The smallest absolute Gasteiger partial charge is 0.244 e. The van der Waals surface area contributed by atoms with Crippen LogP contribution < -0.4 is 5.32 Å². The van der Waals surface area contributed by atoms with E-state index in [-0.39, 0.29) is 18.1 Å². The standard InChI is InChI=1S/C18H25BrN2O2/c1-13(21-11-14(2)23-15(3)12-21)10-20-18(22)8-7-16-5-4-6-17(19)9-16/h4-9,13-15H,10-12H2,1-3H3,(H,20,22)/b8-7+/t13-,14-,15+/m1/s1. The fourth-order valence-corrected chi connectivity index (χ4v) is 3.21. The summed E-state index contributed by atoms with van der Waals surface area (Å²) in [6, 6.07) is 8.15. The van der Waals surface area contributed by atoms with Gasteiger partial charge in [0.05, 0.1) is 12.2 Å². The van der Waals surface area contributed by atoms with Crippen molar-refractivity contribution in [2.45, 2.75) is 39.0 Å². The molecule has 1 aliphatic heterocycles. The van der Waals surface area contributed by atoms with Crippen LogP contribution in [-0.2, 0) is 9.53 Å². The summed E-state index contributed by atoms with van der Waals surface area (Å²) >= 11 is 3.42. The lowest BCUT2D eigenvalue weighted by Crippen LogP contribution is -2.52. The van der Waals surface area contributed by atoms with E-state index in [0.29, 0.717) is 12.6 Å². The second-order valence-electron chi connectivity index (χ2n) is 6.19. The molecule has 23 heavy (non-hydrogen) atoms. The number of hydrogen-bond acceptors (Lipinski definition) is 3. The average Bonchev–Trinajstić information content (AvgIpc) is 2.49. The Morgan fingerprint density at radius 2 is 2.13 bits per heavy atom. The third-order valence-electron chi connectivity index (χ3n) is 3.92. The van der Waals surface area contributed by atoms with E-state index in [1.807, 2.05) is 30.3 Å². The number of nitrogens with one attached hydrogen (secondary N) is 1. The minimum absolute atomic E-state index is 0.0637. The van der Waals surface area contributed by atoms with E-state index in [2.05, 4.69) is 46.9 Å². The zero-order valence-electron chi connectivity index (χ0n) is 14.0. The van der Waals surface area contributed by atoms with E-state index in [4.69, 9.17) is 4.74 Å². The third kappa shape index (κ3) is 6.09. The van der Waals surface area contributed by atoms with Crippen molar-refractivity contribution in [2.75, 3.05) is 19.6 Å². The van der Waals surface area contributed by atoms with Crippen molar-refractivity contribution >= 4 is 27.9 Å². The van der Waals surface area contributed by atoms with Crippen LogP contribution in [0.25, 0.3) is 6.08 Å². The molecular weight excluding hydrogens is 356 g/mol. The van der Waals surface area contributed by atoms with Gasteiger partial charge >= 0.3 is 0 Å². The monoisotopic (exact) mass is 380 g/mol. The minimum atomic E-state index is -0.0637. The molecular formula is C18H25BrN2O2.